The van der Waals surface area contributed by atoms with Crippen LogP contribution in [-0.4, -0.2) is 138 Å². The first-order chi connectivity index (χ1) is 24.4. The van der Waals surface area contributed by atoms with Crippen molar-refractivity contribution in [3.05, 3.63) is 0 Å². The van der Waals surface area contributed by atoms with E-state index in [0.29, 0.717) is 12.8 Å². The summed E-state index contributed by atoms with van der Waals surface area (Å²) in [6, 6.07) is 0. The number of ether oxygens (including phenoxy) is 3. The summed E-state index contributed by atoms with van der Waals surface area (Å²) in [7, 11) is 0. The second-order valence-electron chi connectivity index (χ2n) is 13.5. The maximum Gasteiger partial charge on any atom is 0.303 e. The van der Waals surface area contributed by atoms with E-state index in [-0.39, 0.29) is 0 Å². The van der Waals surface area contributed by atoms with E-state index in [0.717, 1.165) is 25.7 Å². The largest absolute Gasteiger partial charge is 0.481 e. The van der Waals surface area contributed by atoms with Crippen molar-refractivity contribution in [1.82, 2.24) is 0 Å². The van der Waals surface area contributed by atoms with Crippen molar-refractivity contribution in [3.63, 3.8) is 0 Å². The van der Waals surface area contributed by atoms with Crippen LogP contribution in [0.25, 0.3) is 0 Å². The Hall–Kier alpha value is -1.50. The SMILES string of the molecule is CCCCCCCCCCCC(=O)O.CCCCCCCCCCCC(=O)O.OC[C@H]1O[C@@H](O[C@H]2[C@H](O)[C@@H](O)C(O)O[C@@H]2CO)[C@H](O)[C@@H](O)[C@H]1O. The van der Waals surface area contributed by atoms with E-state index in [1.54, 1.807) is 0 Å². The van der Waals surface area contributed by atoms with E-state index in [1.165, 1.54) is 89.9 Å². The summed E-state index contributed by atoms with van der Waals surface area (Å²) in [4.78, 5) is 20.4. The first-order valence-corrected chi connectivity index (χ1v) is 19.1. The monoisotopic (exact) mass is 742 g/mol. The van der Waals surface area contributed by atoms with Gasteiger partial charge >= 0.3 is 11.9 Å². The molecule has 1 unspecified atom stereocenters. The molecule has 51 heavy (non-hydrogen) atoms. The zero-order valence-electron chi connectivity index (χ0n) is 30.8. The number of unbranched alkanes of at least 4 members (excludes halogenated alkanes) is 16. The lowest BCUT2D eigenvalue weighted by molar-refractivity contribution is -0.355. The number of aliphatic hydroxyl groups is 8. The van der Waals surface area contributed by atoms with Gasteiger partial charge in [0, 0.05) is 12.8 Å². The number of carboxylic acids is 2. The Kier molecular flexibility index (Phi) is 30.0. The molecule has 304 valence electrons. The van der Waals surface area contributed by atoms with Gasteiger partial charge in [-0.25, -0.2) is 0 Å². The number of carbonyl (C=O) groups is 2. The normalized spacial score (nSPS) is 29.0. The van der Waals surface area contributed by atoms with Crippen LogP contribution in [0.4, 0.5) is 0 Å². The van der Waals surface area contributed by atoms with E-state index in [9.17, 15) is 45.3 Å². The molecule has 10 N–H and O–H groups in total. The topological polar surface area (TPSA) is 264 Å². The highest BCUT2D eigenvalue weighted by Gasteiger charge is 2.50. The Morgan fingerprint density at radius 3 is 1.25 bits per heavy atom. The molecule has 0 aromatic rings. The van der Waals surface area contributed by atoms with E-state index < -0.39 is 86.6 Å². The van der Waals surface area contributed by atoms with Crippen molar-refractivity contribution in [3.8, 4) is 0 Å². The summed E-state index contributed by atoms with van der Waals surface area (Å²) in [5, 5.41) is 93.3. The molecule has 0 aromatic carbocycles. The number of carboxylic acid groups (broad SMARTS) is 2. The maximum absolute atomic E-state index is 10.2. The summed E-state index contributed by atoms with van der Waals surface area (Å²) in [6.45, 7) is 3.11. The predicted octanol–water partition coefficient (Wildman–Crippen LogP) is 2.59. The Labute approximate surface area is 303 Å². The first-order valence-electron chi connectivity index (χ1n) is 19.1. The second kappa shape index (κ2) is 30.9. The predicted molar refractivity (Wildman–Crippen MR) is 188 cm³/mol. The van der Waals surface area contributed by atoms with Crippen LogP contribution in [0.3, 0.4) is 0 Å². The minimum Gasteiger partial charge on any atom is -0.481 e. The Morgan fingerprint density at radius 1 is 0.490 bits per heavy atom. The fourth-order valence-corrected chi connectivity index (χ4v) is 5.74. The van der Waals surface area contributed by atoms with Gasteiger partial charge < -0.3 is 65.3 Å². The zero-order valence-corrected chi connectivity index (χ0v) is 30.8. The quantitative estimate of drug-likeness (QED) is 0.0637. The van der Waals surface area contributed by atoms with Gasteiger partial charge in [0.05, 0.1) is 13.2 Å². The summed E-state index contributed by atoms with van der Waals surface area (Å²) in [5.74, 6) is -1.32. The van der Waals surface area contributed by atoms with E-state index >= 15 is 0 Å². The third-order valence-corrected chi connectivity index (χ3v) is 8.97. The van der Waals surface area contributed by atoms with Crippen LogP contribution in [0.15, 0.2) is 0 Å². The number of rotatable bonds is 24. The van der Waals surface area contributed by atoms with Gasteiger partial charge in [0.1, 0.15) is 48.8 Å². The van der Waals surface area contributed by atoms with Crippen molar-refractivity contribution < 1.29 is 74.9 Å². The van der Waals surface area contributed by atoms with Crippen LogP contribution in [0.1, 0.15) is 142 Å². The minimum atomic E-state index is -1.74. The van der Waals surface area contributed by atoms with E-state index in [4.69, 9.17) is 29.5 Å². The summed E-state index contributed by atoms with van der Waals surface area (Å²) in [5.41, 5.74) is 0. The van der Waals surface area contributed by atoms with Crippen molar-refractivity contribution in [1.29, 1.82) is 0 Å². The lowest BCUT2D eigenvalue weighted by Crippen LogP contribution is -2.64. The number of aliphatic hydroxyl groups excluding tert-OH is 8. The fourth-order valence-electron chi connectivity index (χ4n) is 5.74. The maximum atomic E-state index is 10.2. The van der Waals surface area contributed by atoms with Crippen molar-refractivity contribution >= 4 is 11.9 Å². The highest BCUT2D eigenvalue weighted by molar-refractivity contribution is 5.66. The van der Waals surface area contributed by atoms with E-state index in [1.807, 2.05) is 0 Å². The molecule has 0 spiro atoms. The first kappa shape index (κ1) is 49.5. The number of hydrogen-bond acceptors (Lipinski definition) is 13. The molecule has 2 saturated heterocycles. The molecular weight excluding hydrogens is 672 g/mol. The molecule has 0 bridgehead atoms. The molecule has 0 amide bonds. The molecule has 2 fully saturated rings. The van der Waals surface area contributed by atoms with Gasteiger partial charge in [0.2, 0.25) is 0 Å². The zero-order chi connectivity index (χ0) is 38.6. The minimum absolute atomic E-state index is 0.343. The van der Waals surface area contributed by atoms with Gasteiger partial charge in [0.25, 0.3) is 0 Å². The van der Waals surface area contributed by atoms with Gasteiger partial charge in [-0.2, -0.15) is 0 Å². The summed E-state index contributed by atoms with van der Waals surface area (Å²) < 4.78 is 15.3. The molecule has 2 rings (SSSR count). The van der Waals surface area contributed by atoms with Crippen LogP contribution in [0.2, 0.25) is 0 Å². The van der Waals surface area contributed by atoms with Crippen molar-refractivity contribution in [2.24, 2.45) is 0 Å². The smallest absolute Gasteiger partial charge is 0.303 e. The molecule has 2 heterocycles. The highest BCUT2D eigenvalue weighted by Crippen LogP contribution is 2.28. The standard InChI is InChI=1S/C12H22O11.2C12H24O2/c13-1-3-5(15)6(16)9(19)12(22-3)23-10-4(2-14)21-11(20)8(18)7(10)17;2*1-2-3-4-5-6-7-8-9-10-11-12(13)14/h3-20H,1-2H2;2*2-11H2,1H3,(H,13,14)/t3-,4-,5+,6+,7-,8-,9-,10-,11?,12+;;/m1../s1. The third-order valence-electron chi connectivity index (χ3n) is 8.97. The molecule has 0 aliphatic carbocycles. The Bertz CT molecular complexity index is 813. The van der Waals surface area contributed by atoms with Gasteiger partial charge in [-0.05, 0) is 12.8 Å². The van der Waals surface area contributed by atoms with Crippen LogP contribution in [-0.2, 0) is 23.8 Å². The molecule has 15 nitrogen and oxygen atoms in total. The molecule has 10 atom stereocenters. The van der Waals surface area contributed by atoms with Crippen molar-refractivity contribution in [2.45, 2.75) is 204 Å². The highest BCUT2D eigenvalue weighted by atomic mass is 16.7. The average molecular weight is 743 g/mol. The fraction of sp³-hybridized carbons (Fsp3) is 0.944. The Balaban J connectivity index is 0.000000780. The lowest BCUT2D eigenvalue weighted by Gasteiger charge is -2.45. The summed E-state index contributed by atoms with van der Waals surface area (Å²) >= 11 is 0. The van der Waals surface area contributed by atoms with Gasteiger partial charge in [-0.15, -0.1) is 0 Å². The molecule has 2 aliphatic heterocycles. The molecule has 2 aliphatic rings. The van der Waals surface area contributed by atoms with Gasteiger partial charge in [-0.1, -0.05) is 117 Å². The molecule has 0 radical (unpaired) electrons. The van der Waals surface area contributed by atoms with Crippen LogP contribution >= 0.6 is 0 Å². The van der Waals surface area contributed by atoms with Crippen LogP contribution in [0, 0.1) is 0 Å². The second-order valence-corrected chi connectivity index (χ2v) is 13.5. The molecule has 0 saturated carbocycles. The molecule has 15 heteroatoms. The van der Waals surface area contributed by atoms with Crippen molar-refractivity contribution in [2.75, 3.05) is 13.2 Å². The Morgan fingerprint density at radius 2 is 0.882 bits per heavy atom. The van der Waals surface area contributed by atoms with E-state index in [2.05, 4.69) is 13.8 Å². The van der Waals surface area contributed by atoms with Crippen LogP contribution < -0.4 is 0 Å². The lowest BCUT2D eigenvalue weighted by atomic mass is 9.97. The van der Waals surface area contributed by atoms with Gasteiger partial charge in [0.15, 0.2) is 12.6 Å². The molecular formula is C36H70O15. The third kappa shape index (κ3) is 22.3. The number of aliphatic carboxylic acids is 2. The molecule has 0 aromatic heterocycles. The number of hydrogen-bond donors (Lipinski definition) is 10. The summed E-state index contributed by atoms with van der Waals surface area (Å²) in [6.07, 6.45) is 7.39. The average Bonchev–Trinajstić information content (AvgIpc) is 3.10. The van der Waals surface area contributed by atoms with Gasteiger partial charge in [-0.3, -0.25) is 9.59 Å². The van der Waals surface area contributed by atoms with Crippen LogP contribution in [0.5, 0.6) is 0 Å².